The van der Waals surface area contributed by atoms with Crippen LogP contribution in [-0.2, 0) is 4.74 Å². The summed E-state index contributed by atoms with van der Waals surface area (Å²) in [5.41, 5.74) is 0.0177. The first-order chi connectivity index (χ1) is 11.8. The molecule has 0 radical (unpaired) electrons. The van der Waals surface area contributed by atoms with Crippen LogP contribution in [0.4, 0.5) is 13.2 Å². The van der Waals surface area contributed by atoms with E-state index >= 15 is 0 Å². The van der Waals surface area contributed by atoms with Crippen molar-refractivity contribution in [3.63, 3.8) is 0 Å². The van der Waals surface area contributed by atoms with Gasteiger partial charge in [0.2, 0.25) is 0 Å². The number of guanidine groups is 1. The molecule has 5 nitrogen and oxygen atoms in total. The molecule has 1 saturated carbocycles. The third kappa shape index (κ3) is 5.48. The van der Waals surface area contributed by atoms with Crippen molar-refractivity contribution in [3.8, 4) is 0 Å². The minimum atomic E-state index is -4.06. The van der Waals surface area contributed by atoms with Crippen molar-refractivity contribution < 1.29 is 17.9 Å². The molecule has 8 heteroatoms. The molecule has 1 heterocycles. The normalized spacial score (nSPS) is 28.0. The lowest BCUT2D eigenvalue weighted by Crippen LogP contribution is -2.57. The number of nitrogens with zero attached hydrogens (tertiary/aromatic N) is 2. The highest BCUT2D eigenvalue weighted by Crippen LogP contribution is 2.37. The van der Waals surface area contributed by atoms with E-state index in [1.165, 1.54) is 0 Å². The number of hydrogen-bond donors (Lipinski definition) is 2. The zero-order valence-electron chi connectivity index (χ0n) is 15.5. The second-order valence-electron chi connectivity index (χ2n) is 7.39. The molecule has 0 aromatic heterocycles. The smallest absolute Gasteiger partial charge is 0.381 e. The number of rotatable bonds is 4. The number of halogens is 3. The van der Waals surface area contributed by atoms with Crippen molar-refractivity contribution >= 4 is 5.96 Å². The van der Waals surface area contributed by atoms with Gasteiger partial charge in [-0.15, -0.1) is 0 Å². The molecular formula is C17H31F3N4O. The molecular weight excluding hydrogens is 333 g/mol. The van der Waals surface area contributed by atoms with Gasteiger partial charge in [-0.2, -0.15) is 13.2 Å². The van der Waals surface area contributed by atoms with Crippen LogP contribution in [-0.4, -0.2) is 69.5 Å². The molecule has 1 aliphatic carbocycles. The summed E-state index contributed by atoms with van der Waals surface area (Å²) in [6.45, 7) is 2.22. The monoisotopic (exact) mass is 364 g/mol. The second kappa shape index (κ2) is 8.58. The molecule has 25 heavy (non-hydrogen) atoms. The number of alkyl halides is 3. The van der Waals surface area contributed by atoms with Crippen molar-refractivity contribution in [2.24, 2.45) is 10.9 Å². The number of nitrogens with one attached hydrogen (secondary N) is 2. The summed E-state index contributed by atoms with van der Waals surface area (Å²) in [5, 5.41) is 6.66. The van der Waals surface area contributed by atoms with Gasteiger partial charge in [0.1, 0.15) is 0 Å². The Morgan fingerprint density at radius 3 is 2.24 bits per heavy atom. The van der Waals surface area contributed by atoms with E-state index < -0.39 is 12.1 Å². The lowest BCUT2D eigenvalue weighted by molar-refractivity contribution is -0.182. The molecule has 2 fully saturated rings. The predicted molar refractivity (Wildman–Crippen MR) is 92.8 cm³/mol. The zero-order valence-corrected chi connectivity index (χ0v) is 15.5. The molecule has 1 aliphatic heterocycles. The molecule has 0 bridgehead atoms. The summed E-state index contributed by atoms with van der Waals surface area (Å²) in [6.07, 6.45) is -0.739. The van der Waals surface area contributed by atoms with Crippen LogP contribution in [0.2, 0.25) is 0 Å². The highest BCUT2D eigenvalue weighted by molar-refractivity contribution is 5.80. The average Bonchev–Trinajstić information content (AvgIpc) is 2.59. The van der Waals surface area contributed by atoms with E-state index in [4.69, 9.17) is 4.74 Å². The summed E-state index contributed by atoms with van der Waals surface area (Å²) in [6, 6.07) is 0.0507. The molecule has 0 aromatic carbocycles. The zero-order chi connectivity index (χ0) is 18.5. The Morgan fingerprint density at radius 2 is 1.76 bits per heavy atom. The highest BCUT2D eigenvalue weighted by Gasteiger charge is 2.41. The lowest BCUT2D eigenvalue weighted by Gasteiger charge is -2.43. The molecule has 0 aromatic rings. The standard InChI is InChI=1S/C17H31F3N4O/c1-21-15(22-12-16(24(2)3)8-10-25-11-9-16)23-14-6-4-13(5-7-14)17(18,19)20/h13-14H,4-12H2,1-3H3,(H2,21,22,23). The second-order valence-corrected chi connectivity index (χ2v) is 7.39. The molecule has 1 saturated heterocycles. The molecule has 0 amide bonds. The number of hydrogen-bond acceptors (Lipinski definition) is 3. The molecule has 2 aliphatic rings. The van der Waals surface area contributed by atoms with Crippen molar-refractivity contribution in [2.75, 3.05) is 40.9 Å². The van der Waals surface area contributed by atoms with E-state index in [1.807, 2.05) is 0 Å². The van der Waals surface area contributed by atoms with E-state index in [2.05, 4.69) is 34.6 Å². The Kier molecular flexibility index (Phi) is 6.96. The SMILES string of the molecule is CN=C(NCC1(N(C)C)CCOCC1)NC1CCC(C(F)(F)F)CC1. The third-order valence-electron chi connectivity index (χ3n) is 5.71. The van der Waals surface area contributed by atoms with Gasteiger partial charge < -0.3 is 20.3 Å². The van der Waals surface area contributed by atoms with Crippen LogP contribution < -0.4 is 10.6 Å². The van der Waals surface area contributed by atoms with Gasteiger partial charge in [-0.1, -0.05) is 0 Å². The van der Waals surface area contributed by atoms with Crippen LogP contribution in [0.25, 0.3) is 0 Å². The van der Waals surface area contributed by atoms with E-state index in [9.17, 15) is 13.2 Å². The summed E-state index contributed by atoms with van der Waals surface area (Å²) in [4.78, 5) is 6.47. The Morgan fingerprint density at radius 1 is 1.16 bits per heavy atom. The van der Waals surface area contributed by atoms with E-state index in [1.54, 1.807) is 7.05 Å². The number of likely N-dealkylation sites (N-methyl/N-ethyl adjacent to an activating group) is 1. The van der Waals surface area contributed by atoms with Gasteiger partial charge in [0.15, 0.2) is 5.96 Å². The van der Waals surface area contributed by atoms with Gasteiger partial charge in [-0.3, -0.25) is 4.99 Å². The minimum absolute atomic E-state index is 0.0177. The Hall–Kier alpha value is -1.02. The lowest BCUT2D eigenvalue weighted by atomic mass is 9.85. The quantitative estimate of drug-likeness (QED) is 0.594. The summed E-state index contributed by atoms with van der Waals surface area (Å²) in [7, 11) is 5.84. The minimum Gasteiger partial charge on any atom is -0.381 e. The van der Waals surface area contributed by atoms with E-state index in [0.29, 0.717) is 18.8 Å². The van der Waals surface area contributed by atoms with Gasteiger partial charge in [0.25, 0.3) is 0 Å². The van der Waals surface area contributed by atoms with Crippen LogP contribution in [0.5, 0.6) is 0 Å². The Labute approximate surface area is 148 Å². The van der Waals surface area contributed by atoms with Crippen molar-refractivity contribution in [3.05, 3.63) is 0 Å². The first kappa shape index (κ1) is 20.3. The fraction of sp³-hybridized carbons (Fsp3) is 0.941. The summed E-state index contributed by atoms with van der Waals surface area (Å²) >= 11 is 0. The van der Waals surface area contributed by atoms with Crippen molar-refractivity contribution in [2.45, 2.75) is 56.3 Å². The molecule has 0 atom stereocenters. The van der Waals surface area contributed by atoms with Gasteiger partial charge in [0, 0.05) is 38.4 Å². The van der Waals surface area contributed by atoms with Gasteiger partial charge in [-0.05, 0) is 52.6 Å². The fourth-order valence-electron chi connectivity index (χ4n) is 3.73. The van der Waals surface area contributed by atoms with Crippen LogP contribution >= 0.6 is 0 Å². The molecule has 0 unspecified atom stereocenters. The highest BCUT2D eigenvalue weighted by atomic mass is 19.4. The topological polar surface area (TPSA) is 48.9 Å². The van der Waals surface area contributed by atoms with Crippen molar-refractivity contribution in [1.82, 2.24) is 15.5 Å². The summed E-state index contributed by atoms with van der Waals surface area (Å²) in [5.74, 6) is -0.483. The fourth-order valence-corrected chi connectivity index (χ4v) is 3.73. The van der Waals surface area contributed by atoms with Crippen LogP contribution in [0.15, 0.2) is 4.99 Å². The number of ether oxygens (including phenoxy) is 1. The molecule has 146 valence electrons. The summed E-state index contributed by atoms with van der Waals surface area (Å²) < 4.78 is 43.8. The maximum atomic E-state index is 12.8. The first-order valence-electron chi connectivity index (χ1n) is 9.06. The van der Waals surface area contributed by atoms with Crippen LogP contribution in [0.3, 0.4) is 0 Å². The van der Waals surface area contributed by atoms with Crippen molar-refractivity contribution in [1.29, 1.82) is 0 Å². The van der Waals surface area contributed by atoms with Crippen LogP contribution in [0.1, 0.15) is 38.5 Å². The average molecular weight is 364 g/mol. The molecule has 2 N–H and O–H groups in total. The Bertz CT molecular complexity index is 440. The van der Waals surface area contributed by atoms with Gasteiger partial charge in [0.05, 0.1) is 5.92 Å². The van der Waals surface area contributed by atoms with E-state index in [0.717, 1.165) is 32.6 Å². The first-order valence-corrected chi connectivity index (χ1v) is 9.06. The van der Waals surface area contributed by atoms with Crippen LogP contribution in [0, 0.1) is 5.92 Å². The maximum absolute atomic E-state index is 12.8. The van der Waals surface area contributed by atoms with Gasteiger partial charge in [-0.25, -0.2) is 0 Å². The molecule has 0 spiro atoms. The van der Waals surface area contributed by atoms with E-state index in [-0.39, 0.29) is 24.4 Å². The Balaban J connectivity index is 1.83. The largest absolute Gasteiger partial charge is 0.391 e. The number of aliphatic imine (C=N–C) groups is 1. The maximum Gasteiger partial charge on any atom is 0.391 e. The predicted octanol–water partition coefficient (Wildman–Crippen LogP) is 2.38. The molecule has 2 rings (SSSR count). The van der Waals surface area contributed by atoms with Gasteiger partial charge >= 0.3 is 6.18 Å². The third-order valence-corrected chi connectivity index (χ3v) is 5.71.